The number of rotatable bonds is 6. The molecule has 2 unspecified atom stereocenters. The van der Waals surface area contributed by atoms with E-state index in [-0.39, 0.29) is 0 Å². The molecule has 0 radical (unpaired) electrons. The van der Waals surface area contributed by atoms with E-state index in [2.05, 4.69) is 28.3 Å². The maximum atomic E-state index is 11.5. The summed E-state index contributed by atoms with van der Waals surface area (Å²) in [6.45, 7) is 1.98. The van der Waals surface area contributed by atoms with Crippen molar-refractivity contribution in [3.05, 3.63) is 75.6 Å². The first-order valence-electron chi connectivity index (χ1n) is 12.6. The van der Waals surface area contributed by atoms with Gasteiger partial charge in [0.2, 0.25) is 0 Å². The van der Waals surface area contributed by atoms with Gasteiger partial charge < -0.3 is 19.1 Å². The minimum atomic E-state index is -0.895. The van der Waals surface area contributed by atoms with Crippen LogP contribution in [0.5, 0.6) is 0 Å². The molecule has 188 valence electrons. The fourth-order valence-corrected chi connectivity index (χ4v) is 6.61. The van der Waals surface area contributed by atoms with Crippen LogP contribution >= 0.6 is 23.2 Å². The van der Waals surface area contributed by atoms with Crippen LogP contribution < -0.4 is 4.90 Å². The van der Waals surface area contributed by atoms with Crippen LogP contribution in [0.25, 0.3) is 28.2 Å². The second-order valence-corrected chi connectivity index (χ2v) is 11.3. The number of piperidine rings is 1. The highest BCUT2D eigenvalue weighted by atomic mass is 35.5. The number of hydrogen-bond donors (Lipinski definition) is 1. The third kappa shape index (κ3) is 3.77. The second kappa shape index (κ2) is 8.40. The maximum absolute atomic E-state index is 11.5. The highest BCUT2D eigenvalue weighted by Gasteiger charge is 2.54. The number of allylic oxidation sites excluding steroid dienone is 1. The Morgan fingerprint density at radius 3 is 2.54 bits per heavy atom. The lowest BCUT2D eigenvalue weighted by Crippen LogP contribution is -2.23. The van der Waals surface area contributed by atoms with Crippen molar-refractivity contribution >= 4 is 51.8 Å². The summed E-state index contributed by atoms with van der Waals surface area (Å²) in [6, 6.07) is 11.6. The van der Waals surface area contributed by atoms with Gasteiger partial charge in [-0.25, -0.2) is 4.79 Å². The quantitative estimate of drug-likeness (QED) is 0.286. The molecule has 2 saturated carbocycles. The molecule has 2 aromatic carbocycles. The molecular weight excluding hydrogens is 509 g/mol. The number of aromatic nitrogens is 2. The summed E-state index contributed by atoms with van der Waals surface area (Å²) in [5.41, 5.74) is 4.88. The summed E-state index contributed by atoms with van der Waals surface area (Å²) in [7, 11) is 1.89. The van der Waals surface area contributed by atoms with Crippen molar-refractivity contribution in [2.45, 2.75) is 18.8 Å². The zero-order valence-electron chi connectivity index (χ0n) is 20.2. The molecule has 2 atom stereocenters. The van der Waals surface area contributed by atoms with E-state index in [1.54, 1.807) is 6.20 Å². The zero-order valence-corrected chi connectivity index (χ0v) is 21.7. The average Bonchev–Trinajstić information content (AvgIpc) is 3.68. The Hall–Kier alpha value is -3.22. The van der Waals surface area contributed by atoms with Gasteiger partial charge in [-0.2, -0.15) is 0 Å². The number of nitrogens with zero attached hydrogens (tertiary/aromatic N) is 3. The number of fused-ring (bicyclic) bond motifs is 2. The normalized spacial score (nSPS) is 22.8. The SMILES string of the molecule is Cn1cc(C(=O)O)c2ccc(N3CC4C(/C=C/c5c(-c6c(Cl)cccc6Cl)noc5C5CC5)C4C3)cc21. The van der Waals surface area contributed by atoms with Gasteiger partial charge in [-0.05, 0) is 60.9 Å². The molecule has 3 heterocycles. The van der Waals surface area contributed by atoms with Gasteiger partial charge in [-0.15, -0.1) is 0 Å². The van der Waals surface area contributed by atoms with Crippen molar-refractivity contribution in [1.29, 1.82) is 0 Å². The molecule has 2 aromatic heterocycles. The molecule has 6 nitrogen and oxygen atoms in total. The topological polar surface area (TPSA) is 71.5 Å². The number of hydrogen-bond acceptors (Lipinski definition) is 4. The van der Waals surface area contributed by atoms with Crippen LogP contribution in [-0.4, -0.2) is 33.9 Å². The number of carboxylic acid groups (broad SMARTS) is 1. The number of halogens is 2. The van der Waals surface area contributed by atoms with Gasteiger partial charge in [-0.3, -0.25) is 0 Å². The van der Waals surface area contributed by atoms with E-state index in [1.807, 2.05) is 41.9 Å². The smallest absolute Gasteiger partial charge is 0.337 e. The van der Waals surface area contributed by atoms with Crippen molar-refractivity contribution < 1.29 is 14.4 Å². The summed E-state index contributed by atoms with van der Waals surface area (Å²) in [4.78, 5) is 14.0. The standard InChI is InChI=1S/C29H25Cl2N3O3/c1-33-12-22(29(35)36)18-8-7-16(11-25(18)33)34-13-20-17(21(20)14-34)9-10-19-27(32-37-28(19)15-5-6-15)26-23(30)3-2-4-24(26)31/h2-4,7-12,15,17,20-21H,5-6,13-14H2,1H3,(H,35,36)/b10-9+. The third-order valence-corrected chi connectivity index (χ3v) is 8.85. The van der Waals surface area contributed by atoms with Crippen LogP contribution in [0.3, 0.4) is 0 Å². The molecule has 8 heteroatoms. The molecule has 0 spiro atoms. The van der Waals surface area contributed by atoms with Crippen LogP contribution in [0.1, 0.15) is 40.4 Å². The van der Waals surface area contributed by atoms with Crippen molar-refractivity contribution in [3.63, 3.8) is 0 Å². The van der Waals surface area contributed by atoms with Gasteiger partial charge in [0.25, 0.3) is 0 Å². The number of anilines is 1. The van der Waals surface area contributed by atoms with E-state index in [0.717, 1.165) is 65.1 Å². The molecule has 1 aliphatic heterocycles. The van der Waals surface area contributed by atoms with E-state index >= 15 is 0 Å². The molecule has 3 fully saturated rings. The molecular formula is C29H25Cl2N3O3. The Bertz CT molecular complexity index is 1570. The fraction of sp³-hybridized carbons (Fsp3) is 0.310. The van der Waals surface area contributed by atoms with Gasteiger partial charge in [0, 0.05) is 54.5 Å². The van der Waals surface area contributed by atoms with Crippen LogP contribution in [0, 0.1) is 17.8 Å². The predicted octanol–water partition coefficient (Wildman–Crippen LogP) is 7.11. The summed E-state index contributed by atoms with van der Waals surface area (Å²) in [5, 5.41) is 15.8. The van der Waals surface area contributed by atoms with Crippen molar-refractivity contribution in [1.82, 2.24) is 9.72 Å². The molecule has 4 aromatic rings. The summed E-state index contributed by atoms with van der Waals surface area (Å²) >= 11 is 13.0. The lowest BCUT2D eigenvalue weighted by atomic mass is 10.0. The molecule has 2 aliphatic carbocycles. The zero-order chi connectivity index (χ0) is 25.4. The monoisotopic (exact) mass is 533 g/mol. The van der Waals surface area contributed by atoms with E-state index < -0.39 is 5.97 Å². The maximum Gasteiger partial charge on any atom is 0.337 e. The minimum absolute atomic E-state index is 0.343. The average molecular weight is 534 g/mol. The van der Waals surface area contributed by atoms with Gasteiger partial charge >= 0.3 is 5.97 Å². The van der Waals surface area contributed by atoms with Crippen LogP contribution in [-0.2, 0) is 7.05 Å². The number of aromatic carboxylic acids is 1. The van der Waals surface area contributed by atoms with E-state index in [0.29, 0.717) is 39.3 Å². The van der Waals surface area contributed by atoms with Gasteiger partial charge in [0.15, 0.2) is 0 Å². The molecule has 0 bridgehead atoms. The first kappa shape index (κ1) is 22.9. The first-order chi connectivity index (χ1) is 17.9. The molecule has 0 amide bonds. The Kier molecular flexibility index (Phi) is 5.21. The highest BCUT2D eigenvalue weighted by molar-refractivity contribution is 6.39. The van der Waals surface area contributed by atoms with Gasteiger partial charge in [-0.1, -0.05) is 46.6 Å². The number of benzene rings is 2. The Morgan fingerprint density at radius 1 is 1.14 bits per heavy atom. The number of carboxylic acids is 1. The molecule has 1 N–H and O–H groups in total. The Labute approximate surface area is 224 Å². The molecule has 1 saturated heterocycles. The van der Waals surface area contributed by atoms with E-state index in [1.165, 1.54) is 0 Å². The van der Waals surface area contributed by atoms with E-state index in [4.69, 9.17) is 27.7 Å². The first-order valence-corrected chi connectivity index (χ1v) is 13.4. The van der Waals surface area contributed by atoms with Crippen LogP contribution in [0.15, 0.2) is 53.2 Å². The third-order valence-electron chi connectivity index (χ3n) is 8.22. The second-order valence-electron chi connectivity index (χ2n) is 10.5. The fourth-order valence-electron chi connectivity index (χ4n) is 6.03. The van der Waals surface area contributed by atoms with E-state index in [9.17, 15) is 9.90 Å². The summed E-state index contributed by atoms with van der Waals surface area (Å²) in [6.07, 6.45) is 8.42. The molecule has 37 heavy (non-hydrogen) atoms. The van der Waals surface area contributed by atoms with Crippen molar-refractivity contribution in [3.8, 4) is 11.3 Å². The summed E-state index contributed by atoms with van der Waals surface area (Å²) < 4.78 is 7.69. The molecule has 7 rings (SSSR count). The largest absolute Gasteiger partial charge is 0.478 e. The minimum Gasteiger partial charge on any atom is -0.478 e. The van der Waals surface area contributed by atoms with Gasteiger partial charge in [0.1, 0.15) is 11.5 Å². The van der Waals surface area contributed by atoms with Crippen molar-refractivity contribution in [2.24, 2.45) is 24.8 Å². The number of carbonyl (C=O) groups is 1. The summed E-state index contributed by atoms with van der Waals surface area (Å²) in [5.74, 6) is 2.19. The number of aryl methyl sites for hydroxylation is 1. The van der Waals surface area contributed by atoms with Gasteiger partial charge in [0.05, 0.1) is 21.1 Å². The highest BCUT2D eigenvalue weighted by Crippen LogP contribution is 2.54. The predicted molar refractivity (Wildman–Crippen MR) is 146 cm³/mol. The van der Waals surface area contributed by atoms with Crippen LogP contribution in [0.4, 0.5) is 5.69 Å². The van der Waals surface area contributed by atoms with Crippen molar-refractivity contribution in [2.75, 3.05) is 18.0 Å². The van der Waals surface area contributed by atoms with Crippen LogP contribution in [0.2, 0.25) is 10.0 Å². The Morgan fingerprint density at radius 2 is 1.86 bits per heavy atom. The Balaban J connectivity index is 1.11. The lowest BCUT2D eigenvalue weighted by molar-refractivity contribution is 0.0699. The molecule has 3 aliphatic rings. The lowest BCUT2D eigenvalue weighted by Gasteiger charge is -2.22.